The van der Waals surface area contributed by atoms with E-state index in [0.717, 1.165) is 31.7 Å². The van der Waals surface area contributed by atoms with Crippen LogP contribution in [0.5, 0.6) is 5.75 Å². The van der Waals surface area contributed by atoms with Crippen molar-refractivity contribution in [2.75, 3.05) is 25.1 Å². The lowest BCUT2D eigenvalue weighted by atomic mass is 9.98. The molecule has 1 atom stereocenters. The number of hydrogen-bond donors (Lipinski definition) is 2. The predicted octanol–water partition coefficient (Wildman–Crippen LogP) is 2.93. The fraction of sp³-hybridized carbons (Fsp3) is 0.667. The Morgan fingerprint density at radius 3 is 2.86 bits per heavy atom. The highest BCUT2D eigenvalue weighted by atomic mass is 16.5. The van der Waals surface area contributed by atoms with Crippen molar-refractivity contribution in [1.82, 2.24) is 5.32 Å². The number of nitrogens with one attached hydrogen (secondary N) is 1. The monoisotopic (exact) mass is 306 g/mol. The van der Waals surface area contributed by atoms with Crippen LogP contribution >= 0.6 is 0 Å². The van der Waals surface area contributed by atoms with Gasteiger partial charge < -0.3 is 20.1 Å². The number of hydrogen-bond acceptors (Lipinski definition) is 4. The molecule has 1 saturated heterocycles. The zero-order valence-corrected chi connectivity index (χ0v) is 14.1. The quantitative estimate of drug-likeness (QED) is 0.813. The van der Waals surface area contributed by atoms with Crippen LogP contribution < -0.4 is 15.0 Å². The summed E-state index contributed by atoms with van der Waals surface area (Å²) in [6.45, 7) is 6.27. The van der Waals surface area contributed by atoms with Gasteiger partial charge in [0.1, 0.15) is 5.75 Å². The lowest BCUT2D eigenvalue weighted by molar-refractivity contribution is 0.239. The van der Waals surface area contributed by atoms with E-state index in [1.165, 1.54) is 24.1 Å². The van der Waals surface area contributed by atoms with Gasteiger partial charge in [0, 0.05) is 25.7 Å². The van der Waals surface area contributed by atoms with Crippen molar-refractivity contribution in [3.05, 3.63) is 23.8 Å². The number of ether oxygens (including phenoxy) is 1. The molecular weight excluding hydrogens is 276 g/mol. The molecule has 1 aliphatic rings. The van der Waals surface area contributed by atoms with Gasteiger partial charge in [0.05, 0.1) is 11.8 Å². The van der Waals surface area contributed by atoms with Crippen LogP contribution in [0, 0.1) is 0 Å². The van der Waals surface area contributed by atoms with Crippen LogP contribution in [0.15, 0.2) is 18.2 Å². The van der Waals surface area contributed by atoms with E-state index in [2.05, 4.69) is 42.3 Å². The normalized spacial score (nSPS) is 18.8. The minimum atomic E-state index is 0.157. The standard InChI is InChI=1S/C18H30N2O2/c1-14(2)22-18-12-15(13-19-3)7-8-17(18)20-10-5-4-6-16(20)9-11-21/h7-8,12,14,16,19,21H,4-6,9-11,13H2,1-3H3. The van der Waals surface area contributed by atoms with E-state index in [4.69, 9.17) is 4.74 Å². The van der Waals surface area contributed by atoms with Gasteiger partial charge >= 0.3 is 0 Å². The van der Waals surface area contributed by atoms with Crippen LogP contribution in [0.4, 0.5) is 5.69 Å². The summed E-state index contributed by atoms with van der Waals surface area (Å²) in [5.41, 5.74) is 2.41. The van der Waals surface area contributed by atoms with Gasteiger partial charge in [-0.1, -0.05) is 6.07 Å². The molecule has 1 unspecified atom stereocenters. The van der Waals surface area contributed by atoms with Crippen LogP contribution in [0.3, 0.4) is 0 Å². The molecular formula is C18H30N2O2. The molecule has 0 amide bonds. The van der Waals surface area contributed by atoms with Crippen molar-refractivity contribution in [1.29, 1.82) is 0 Å². The summed E-state index contributed by atoms with van der Waals surface area (Å²) in [6.07, 6.45) is 4.60. The molecule has 4 nitrogen and oxygen atoms in total. The van der Waals surface area contributed by atoms with E-state index in [-0.39, 0.29) is 12.7 Å². The number of rotatable bonds is 7. The first-order valence-corrected chi connectivity index (χ1v) is 8.47. The third-order valence-electron chi connectivity index (χ3n) is 4.17. The lowest BCUT2D eigenvalue weighted by Gasteiger charge is -2.38. The summed E-state index contributed by atoms with van der Waals surface area (Å²) in [5.74, 6) is 0.965. The van der Waals surface area contributed by atoms with Gasteiger partial charge in [-0.05, 0) is 64.3 Å². The summed E-state index contributed by atoms with van der Waals surface area (Å²) in [6, 6.07) is 6.92. The molecule has 4 heteroatoms. The molecule has 0 aliphatic carbocycles. The number of anilines is 1. The fourth-order valence-corrected chi connectivity index (χ4v) is 3.23. The largest absolute Gasteiger partial charge is 0.489 e. The van der Waals surface area contributed by atoms with E-state index in [1.807, 2.05) is 7.05 Å². The summed E-state index contributed by atoms with van der Waals surface area (Å²) in [7, 11) is 1.96. The van der Waals surface area contributed by atoms with E-state index < -0.39 is 0 Å². The molecule has 0 saturated carbocycles. The summed E-state index contributed by atoms with van der Waals surface area (Å²) in [4.78, 5) is 2.43. The van der Waals surface area contributed by atoms with Crippen LogP contribution in [0.2, 0.25) is 0 Å². The van der Waals surface area contributed by atoms with Crippen molar-refractivity contribution in [3.8, 4) is 5.75 Å². The van der Waals surface area contributed by atoms with Crippen molar-refractivity contribution >= 4 is 5.69 Å². The number of nitrogens with zero attached hydrogens (tertiary/aromatic N) is 1. The third-order valence-corrected chi connectivity index (χ3v) is 4.17. The Bertz CT molecular complexity index is 460. The van der Waals surface area contributed by atoms with Crippen LogP contribution in [-0.4, -0.2) is 37.5 Å². The molecule has 0 radical (unpaired) electrons. The molecule has 0 spiro atoms. The predicted molar refractivity (Wildman–Crippen MR) is 91.7 cm³/mol. The molecule has 2 N–H and O–H groups in total. The van der Waals surface area contributed by atoms with E-state index in [1.54, 1.807) is 0 Å². The zero-order valence-electron chi connectivity index (χ0n) is 14.1. The maximum atomic E-state index is 9.35. The van der Waals surface area contributed by atoms with Crippen molar-refractivity contribution in [2.24, 2.45) is 0 Å². The van der Waals surface area contributed by atoms with Gasteiger partial charge in [0.2, 0.25) is 0 Å². The second-order valence-corrected chi connectivity index (χ2v) is 6.35. The fourth-order valence-electron chi connectivity index (χ4n) is 3.23. The summed E-state index contributed by atoms with van der Waals surface area (Å²) in [5, 5.41) is 12.5. The molecule has 124 valence electrons. The van der Waals surface area contributed by atoms with Gasteiger partial charge in [0.15, 0.2) is 0 Å². The molecule has 0 bridgehead atoms. The van der Waals surface area contributed by atoms with Crippen molar-refractivity contribution in [3.63, 3.8) is 0 Å². The first kappa shape index (κ1) is 17.1. The second kappa shape index (κ2) is 8.39. The number of piperidine rings is 1. The van der Waals surface area contributed by atoms with Crippen LogP contribution in [0.25, 0.3) is 0 Å². The molecule has 22 heavy (non-hydrogen) atoms. The van der Waals surface area contributed by atoms with E-state index in [9.17, 15) is 5.11 Å². The molecule has 2 rings (SSSR count). The maximum absolute atomic E-state index is 9.35. The van der Waals surface area contributed by atoms with Gasteiger partial charge in [-0.25, -0.2) is 0 Å². The van der Waals surface area contributed by atoms with E-state index >= 15 is 0 Å². The highest BCUT2D eigenvalue weighted by molar-refractivity contribution is 5.61. The Hall–Kier alpha value is -1.26. The zero-order chi connectivity index (χ0) is 15.9. The average Bonchev–Trinajstić information content (AvgIpc) is 2.49. The number of aliphatic hydroxyl groups is 1. The molecule has 1 aromatic carbocycles. The molecule has 1 aliphatic heterocycles. The second-order valence-electron chi connectivity index (χ2n) is 6.35. The van der Waals surface area contributed by atoms with Crippen molar-refractivity contribution in [2.45, 2.75) is 58.2 Å². The number of aliphatic hydroxyl groups excluding tert-OH is 1. The maximum Gasteiger partial charge on any atom is 0.143 e. The van der Waals surface area contributed by atoms with Gasteiger partial charge in [0.25, 0.3) is 0 Å². The van der Waals surface area contributed by atoms with Crippen LogP contribution in [0.1, 0.15) is 45.1 Å². The average molecular weight is 306 g/mol. The molecule has 1 heterocycles. The topological polar surface area (TPSA) is 44.7 Å². The Balaban J connectivity index is 2.29. The Labute approximate surface area is 134 Å². The lowest BCUT2D eigenvalue weighted by Crippen LogP contribution is -2.40. The Morgan fingerprint density at radius 2 is 2.18 bits per heavy atom. The van der Waals surface area contributed by atoms with Crippen molar-refractivity contribution < 1.29 is 9.84 Å². The summed E-state index contributed by atoms with van der Waals surface area (Å²) >= 11 is 0. The van der Waals surface area contributed by atoms with Gasteiger partial charge in [-0.3, -0.25) is 0 Å². The first-order valence-electron chi connectivity index (χ1n) is 8.47. The van der Waals surface area contributed by atoms with Gasteiger partial charge in [-0.2, -0.15) is 0 Å². The number of benzene rings is 1. The highest BCUT2D eigenvalue weighted by Gasteiger charge is 2.25. The Morgan fingerprint density at radius 1 is 1.36 bits per heavy atom. The van der Waals surface area contributed by atoms with Crippen LogP contribution in [-0.2, 0) is 6.54 Å². The summed E-state index contributed by atoms with van der Waals surface area (Å²) < 4.78 is 6.08. The Kier molecular flexibility index (Phi) is 6.52. The smallest absolute Gasteiger partial charge is 0.143 e. The molecule has 1 aromatic rings. The SMILES string of the molecule is CNCc1ccc(N2CCCCC2CCO)c(OC(C)C)c1. The molecule has 0 aromatic heterocycles. The minimum absolute atomic E-state index is 0.157. The van der Waals surface area contributed by atoms with Gasteiger partial charge in [-0.15, -0.1) is 0 Å². The first-order chi connectivity index (χ1) is 10.7. The van der Waals surface area contributed by atoms with E-state index in [0.29, 0.717) is 6.04 Å². The molecule has 1 fully saturated rings. The third kappa shape index (κ3) is 4.37. The minimum Gasteiger partial charge on any atom is -0.489 e. The highest BCUT2D eigenvalue weighted by Crippen LogP contribution is 2.35.